The molecule has 7 nitrogen and oxygen atoms in total. The Morgan fingerprint density at radius 1 is 1.13 bits per heavy atom. The Morgan fingerprint density at radius 3 is 2.30 bits per heavy atom. The molecule has 0 saturated heterocycles. The number of ether oxygens (including phenoxy) is 2. The molecule has 2 aromatic rings. The Balaban J connectivity index is 2.37. The lowest BCUT2D eigenvalue weighted by atomic mass is 10.1. The lowest BCUT2D eigenvalue weighted by Crippen LogP contribution is -2.49. The van der Waals surface area contributed by atoms with Crippen LogP contribution in [0.1, 0.15) is 31.9 Å². The van der Waals surface area contributed by atoms with Crippen molar-refractivity contribution < 1.29 is 22.7 Å². The molecule has 2 aromatic carbocycles. The van der Waals surface area contributed by atoms with Gasteiger partial charge in [-0.05, 0) is 37.6 Å². The summed E-state index contributed by atoms with van der Waals surface area (Å²) in [5, 5.41) is 3.15. The molecule has 164 valence electrons. The maximum Gasteiger partial charge on any atom is 0.244 e. The number of hydrogen-bond acceptors (Lipinski definition) is 5. The molecule has 9 heteroatoms. The minimum absolute atomic E-state index is 0.251. The number of benzene rings is 2. The Labute approximate surface area is 183 Å². The van der Waals surface area contributed by atoms with Crippen molar-refractivity contribution in [3.05, 3.63) is 53.1 Å². The lowest BCUT2D eigenvalue weighted by Gasteiger charge is -2.31. The van der Waals surface area contributed by atoms with Crippen molar-refractivity contribution in [2.45, 2.75) is 32.4 Å². The molecule has 0 saturated carbocycles. The number of carbonyl (C=O) groups is 1. The molecule has 1 N–H and O–H groups in total. The molecule has 0 aliphatic rings. The van der Waals surface area contributed by atoms with Crippen LogP contribution in [0.2, 0.25) is 5.02 Å². The minimum atomic E-state index is -3.78. The van der Waals surface area contributed by atoms with E-state index in [1.165, 1.54) is 13.2 Å². The third-order valence-corrected chi connectivity index (χ3v) is 6.16. The molecule has 2 rings (SSSR count). The summed E-state index contributed by atoms with van der Waals surface area (Å²) in [6.07, 6.45) is 1.33. The highest BCUT2D eigenvalue weighted by molar-refractivity contribution is 7.92. The predicted molar refractivity (Wildman–Crippen MR) is 119 cm³/mol. The summed E-state index contributed by atoms with van der Waals surface area (Å²) in [7, 11) is -0.750. The van der Waals surface area contributed by atoms with Gasteiger partial charge < -0.3 is 14.8 Å². The molecule has 0 fully saturated rings. The number of amides is 1. The highest BCUT2D eigenvalue weighted by Crippen LogP contribution is 2.32. The summed E-state index contributed by atoms with van der Waals surface area (Å²) in [6.45, 7) is 3.57. The maximum absolute atomic E-state index is 13.1. The van der Waals surface area contributed by atoms with Crippen LogP contribution in [0.4, 0.5) is 5.69 Å². The topological polar surface area (TPSA) is 84.9 Å². The Kier molecular flexibility index (Phi) is 7.97. The fraction of sp³-hybridized carbons (Fsp3) is 0.381. The Morgan fingerprint density at radius 2 is 1.77 bits per heavy atom. The molecular weight excluding hydrogens is 428 g/mol. The van der Waals surface area contributed by atoms with E-state index in [9.17, 15) is 13.2 Å². The molecule has 0 radical (unpaired) electrons. The SMILES string of the molecule is CC[C@@H](C(=O)N[C@H](C)c1ccccc1OC)N(c1ccc(OC)c(Cl)c1)S(C)(=O)=O. The van der Waals surface area contributed by atoms with E-state index in [2.05, 4.69) is 5.32 Å². The summed E-state index contributed by atoms with van der Waals surface area (Å²) < 4.78 is 36.8. The van der Waals surface area contributed by atoms with Crippen molar-refractivity contribution in [3.8, 4) is 11.5 Å². The molecule has 0 spiro atoms. The molecular formula is C21H27ClN2O5S. The van der Waals surface area contributed by atoms with Gasteiger partial charge in [-0.15, -0.1) is 0 Å². The summed E-state index contributed by atoms with van der Waals surface area (Å²) in [5.74, 6) is 0.629. The quantitative estimate of drug-likeness (QED) is 0.623. The fourth-order valence-corrected chi connectivity index (χ4v) is 4.72. The normalized spacial score (nSPS) is 13.3. The first-order valence-electron chi connectivity index (χ1n) is 9.40. The first kappa shape index (κ1) is 23.8. The maximum atomic E-state index is 13.1. The number of rotatable bonds is 9. The van der Waals surface area contributed by atoms with Crippen molar-refractivity contribution in [3.63, 3.8) is 0 Å². The highest BCUT2D eigenvalue weighted by Gasteiger charge is 2.32. The van der Waals surface area contributed by atoms with Crippen LogP contribution < -0.4 is 19.1 Å². The predicted octanol–water partition coefficient (Wildman–Crippen LogP) is 3.78. The number of sulfonamides is 1. The first-order valence-corrected chi connectivity index (χ1v) is 11.6. The van der Waals surface area contributed by atoms with Crippen LogP contribution in [-0.4, -0.2) is 40.8 Å². The van der Waals surface area contributed by atoms with Gasteiger partial charge in [-0.3, -0.25) is 9.10 Å². The van der Waals surface area contributed by atoms with Crippen molar-refractivity contribution in [1.29, 1.82) is 0 Å². The molecule has 0 aliphatic heterocycles. The van der Waals surface area contributed by atoms with Gasteiger partial charge in [0.25, 0.3) is 0 Å². The summed E-state index contributed by atoms with van der Waals surface area (Å²) in [5.41, 5.74) is 1.08. The van der Waals surface area contributed by atoms with E-state index in [4.69, 9.17) is 21.1 Å². The van der Waals surface area contributed by atoms with Gasteiger partial charge in [-0.1, -0.05) is 36.7 Å². The zero-order chi connectivity index (χ0) is 22.5. The van der Waals surface area contributed by atoms with E-state index in [0.29, 0.717) is 11.5 Å². The highest BCUT2D eigenvalue weighted by atomic mass is 35.5. The van der Waals surface area contributed by atoms with Crippen molar-refractivity contribution in [2.75, 3.05) is 24.8 Å². The number of halogens is 1. The van der Waals surface area contributed by atoms with Crippen molar-refractivity contribution >= 4 is 33.2 Å². The second-order valence-corrected chi connectivity index (χ2v) is 9.04. The Bertz CT molecular complexity index is 997. The van der Waals surface area contributed by atoms with Crippen molar-refractivity contribution in [2.24, 2.45) is 0 Å². The third-order valence-electron chi connectivity index (χ3n) is 4.68. The monoisotopic (exact) mass is 454 g/mol. The average molecular weight is 455 g/mol. The number of nitrogens with zero attached hydrogens (tertiary/aromatic N) is 1. The molecule has 2 atom stereocenters. The van der Waals surface area contributed by atoms with E-state index in [0.717, 1.165) is 16.1 Å². The molecule has 30 heavy (non-hydrogen) atoms. The molecule has 0 aromatic heterocycles. The van der Waals surface area contributed by atoms with Crippen LogP contribution in [-0.2, 0) is 14.8 Å². The lowest BCUT2D eigenvalue weighted by molar-refractivity contribution is -0.122. The van der Waals surface area contributed by atoms with Gasteiger partial charge in [0, 0.05) is 5.56 Å². The average Bonchev–Trinajstić information content (AvgIpc) is 2.70. The van der Waals surface area contributed by atoms with E-state index in [1.807, 2.05) is 25.1 Å². The van der Waals surface area contributed by atoms with Gasteiger partial charge in [0.1, 0.15) is 17.5 Å². The number of nitrogens with one attached hydrogen (secondary N) is 1. The molecule has 0 aliphatic carbocycles. The minimum Gasteiger partial charge on any atom is -0.496 e. The summed E-state index contributed by atoms with van der Waals surface area (Å²) in [4.78, 5) is 13.1. The van der Waals surface area contributed by atoms with Gasteiger partial charge in [0.15, 0.2) is 0 Å². The summed E-state index contributed by atoms with van der Waals surface area (Å²) >= 11 is 6.19. The second kappa shape index (κ2) is 10.0. The van der Waals surface area contributed by atoms with Gasteiger partial charge >= 0.3 is 0 Å². The number of hydrogen-bond donors (Lipinski definition) is 1. The molecule has 0 heterocycles. The zero-order valence-electron chi connectivity index (χ0n) is 17.7. The van der Waals surface area contributed by atoms with Gasteiger partial charge in [0.05, 0.1) is 37.2 Å². The van der Waals surface area contributed by atoms with E-state index in [1.54, 1.807) is 32.2 Å². The van der Waals surface area contributed by atoms with Crippen LogP contribution in [0.25, 0.3) is 0 Å². The van der Waals surface area contributed by atoms with Crippen LogP contribution >= 0.6 is 11.6 Å². The molecule has 0 unspecified atom stereocenters. The van der Waals surface area contributed by atoms with Crippen LogP contribution in [0, 0.1) is 0 Å². The number of anilines is 1. The van der Waals surface area contributed by atoms with E-state index >= 15 is 0 Å². The van der Waals surface area contributed by atoms with Gasteiger partial charge in [-0.25, -0.2) is 8.42 Å². The fourth-order valence-electron chi connectivity index (χ4n) is 3.26. The van der Waals surface area contributed by atoms with E-state index in [-0.39, 0.29) is 23.2 Å². The molecule has 0 bridgehead atoms. The van der Waals surface area contributed by atoms with Crippen molar-refractivity contribution in [1.82, 2.24) is 5.32 Å². The smallest absolute Gasteiger partial charge is 0.244 e. The largest absolute Gasteiger partial charge is 0.496 e. The first-order chi connectivity index (χ1) is 14.1. The standard InChI is InChI=1S/C21H27ClN2O5S/c1-6-18(21(25)23-14(2)16-9-7-8-10-19(16)28-3)24(30(5,26)27)15-11-12-20(29-4)17(22)13-15/h7-14,18H,6H2,1-5H3,(H,23,25)/t14-,18+/m1/s1. The molecule has 1 amide bonds. The van der Waals surface area contributed by atoms with Crippen LogP contribution in [0.5, 0.6) is 11.5 Å². The zero-order valence-corrected chi connectivity index (χ0v) is 19.3. The van der Waals surface area contributed by atoms with Gasteiger partial charge in [-0.2, -0.15) is 0 Å². The Hall–Kier alpha value is -2.45. The second-order valence-electron chi connectivity index (χ2n) is 6.77. The summed E-state index contributed by atoms with van der Waals surface area (Å²) in [6, 6.07) is 10.6. The van der Waals surface area contributed by atoms with E-state index < -0.39 is 22.0 Å². The number of methoxy groups -OCH3 is 2. The number of para-hydroxylation sites is 1. The number of carbonyl (C=O) groups excluding carboxylic acids is 1. The van der Waals surface area contributed by atoms with Gasteiger partial charge in [0.2, 0.25) is 15.9 Å². The van der Waals surface area contributed by atoms with Crippen LogP contribution in [0.3, 0.4) is 0 Å². The third kappa shape index (κ3) is 5.37. The van der Waals surface area contributed by atoms with Crippen LogP contribution in [0.15, 0.2) is 42.5 Å².